The number of ketones is 1. The number of nitrogens with one attached hydrogen (secondary N) is 1. The molecule has 0 unspecified atom stereocenters. The average molecular weight is 230 g/mol. The summed E-state index contributed by atoms with van der Waals surface area (Å²) in [5.41, 5.74) is 4.28. The number of nitrogens with zero attached hydrogens (tertiary/aromatic N) is 1. The molecule has 17 heavy (non-hydrogen) atoms. The maximum absolute atomic E-state index is 11.3. The van der Waals surface area contributed by atoms with Crippen LogP contribution in [0.15, 0.2) is 46.8 Å². The van der Waals surface area contributed by atoms with Gasteiger partial charge in [-0.15, -0.1) is 0 Å². The fraction of sp³-hybridized carbons (Fsp3) is 0.231. The summed E-state index contributed by atoms with van der Waals surface area (Å²) in [4.78, 5) is 11.3. The molecular formula is C13H14N2O2. The van der Waals surface area contributed by atoms with Crippen molar-refractivity contribution in [2.75, 3.05) is 0 Å². The van der Waals surface area contributed by atoms with Gasteiger partial charge in [-0.1, -0.05) is 30.3 Å². The summed E-state index contributed by atoms with van der Waals surface area (Å²) in [6.07, 6.45) is 2.21. The van der Waals surface area contributed by atoms with Crippen molar-refractivity contribution in [2.45, 2.75) is 19.4 Å². The van der Waals surface area contributed by atoms with Gasteiger partial charge in [0.05, 0.1) is 18.3 Å². The molecule has 1 aromatic rings. The second-order valence-electron chi connectivity index (χ2n) is 3.86. The lowest BCUT2D eigenvalue weighted by atomic mass is 10.2. The number of hydrogen-bond donors (Lipinski definition) is 2. The maximum Gasteiger partial charge on any atom is 0.168 e. The van der Waals surface area contributed by atoms with Crippen molar-refractivity contribution in [3.05, 3.63) is 47.2 Å². The highest BCUT2D eigenvalue weighted by molar-refractivity contribution is 6.15. The van der Waals surface area contributed by atoms with E-state index in [0.29, 0.717) is 25.0 Å². The normalized spacial score (nSPS) is 15.9. The molecule has 0 amide bonds. The van der Waals surface area contributed by atoms with Gasteiger partial charge in [-0.3, -0.25) is 4.79 Å². The zero-order chi connectivity index (χ0) is 12.1. The van der Waals surface area contributed by atoms with Gasteiger partial charge in [-0.2, -0.15) is 5.10 Å². The van der Waals surface area contributed by atoms with E-state index in [4.69, 9.17) is 0 Å². The third-order valence-corrected chi connectivity index (χ3v) is 2.61. The van der Waals surface area contributed by atoms with Gasteiger partial charge in [-0.25, -0.2) is 0 Å². The number of rotatable bonds is 4. The molecule has 2 N–H and O–H groups in total. The van der Waals surface area contributed by atoms with Crippen molar-refractivity contribution in [2.24, 2.45) is 5.10 Å². The number of benzene rings is 1. The van der Waals surface area contributed by atoms with Crippen molar-refractivity contribution < 1.29 is 9.90 Å². The van der Waals surface area contributed by atoms with Gasteiger partial charge in [0.2, 0.25) is 0 Å². The van der Waals surface area contributed by atoms with Crippen molar-refractivity contribution >= 4 is 12.0 Å². The molecule has 0 saturated heterocycles. The summed E-state index contributed by atoms with van der Waals surface area (Å²) in [5, 5.41) is 13.4. The minimum Gasteiger partial charge on any atom is -0.511 e. The molecule has 0 atom stereocenters. The van der Waals surface area contributed by atoms with Crippen LogP contribution < -0.4 is 5.43 Å². The second kappa shape index (κ2) is 5.30. The lowest BCUT2D eigenvalue weighted by Gasteiger charge is -2.00. The van der Waals surface area contributed by atoms with Crippen molar-refractivity contribution in [1.82, 2.24) is 5.43 Å². The Hall–Kier alpha value is -2.10. The first kappa shape index (κ1) is 11.4. The Balaban J connectivity index is 1.87. The molecule has 0 aromatic heterocycles. The van der Waals surface area contributed by atoms with E-state index < -0.39 is 0 Å². The molecule has 0 bridgehead atoms. The van der Waals surface area contributed by atoms with Crippen LogP contribution >= 0.6 is 0 Å². The maximum atomic E-state index is 11.3. The minimum absolute atomic E-state index is 0.0484. The first-order valence-electron chi connectivity index (χ1n) is 5.52. The van der Waals surface area contributed by atoms with Gasteiger partial charge in [0.1, 0.15) is 5.76 Å². The van der Waals surface area contributed by atoms with Gasteiger partial charge in [0, 0.05) is 12.8 Å². The summed E-state index contributed by atoms with van der Waals surface area (Å²) >= 11 is 0. The molecule has 4 heteroatoms. The summed E-state index contributed by atoms with van der Waals surface area (Å²) in [5.74, 6) is 0.0908. The highest BCUT2D eigenvalue weighted by atomic mass is 16.3. The zero-order valence-corrected chi connectivity index (χ0v) is 9.39. The Kier molecular flexibility index (Phi) is 3.55. The van der Waals surface area contributed by atoms with E-state index in [9.17, 15) is 9.90 Å². The fourth-order valence-corrected chi connectivity index (χ4v) is 1.65. The summed E-state index contributed by atoms with van der Waals surface area (Å²) in [6.45, 7) is 0.597. The topological polar surface area (TPSA) is 61.7 Å². The first-order valence-corrected chi connectivity index (χ1v) is 5.52. The van der Waals surface area contributed by atoms with E-state index in [0.717, 1.165) is 5.56 Å². The van der Waals surface area contributed by atoms with Crippen LogP contribution in [-0.2, 0) is 11.3 Å². The molecule has 0 radical (unpaired) electrons. The van der Waals surface area contributed by atoms with Gasteiger partial charge in [0.15, 0.2) is 5.78 Å². The molecule has 1 aliphatic rings. The number of hydrogen-bond acceptors (Lipinski definition) is 4. The molecule has 0 aliphatic heterocycles. The Labute approximate surface area is 99.7 Å². The van der Waals surface area contributed by atoms with E-state index in [1.54, 1.807) is 0 Å². The van der Waals surface area contributed by atoms with Gasteiger partial charge < -0.3 is 10.5 Å². The SMILES string of the molecule is O=C1CCC(O)=C1C=NNCc1ccccc1. The predicted octanol–water partition coefficient (Wildman–Crippen LogP) is 1.94. The second-order valence-corrected chi connectivity index (χ2v) is 3.86. The van der Waals surface area contributed by atoms with E-state index in [2.05, 4.69) is 10.5 Å². The number of Topliss-reactive ketones (excluding diaryl/α,β-unsaturated/α-hetero) is 1. The van der Waals surface area contributed by atoms with E-state index in [1.807, 2.05) is 30.3 Å². The smallest absolute Gasteiger partial charge is 0.168 e. The highest BCUT2D eigenvalue weighted by Gasteiger charge is 2.20. The zero-order valence-electron chi connectivity index (χ0n) is 9.39. The van der Waals surface area contributed by atoms with E-state index in [1.165, 1.54) is 6.21 Å². The Morgan fingerprint density at radius 1 is 1.29 bits per heavy atom. The van der Waals surface area contributed by atoms with Gasteiger partial charge >= 0.3 is 0 Å². The Morgan fingerprint density at radius 3 is 2.71 bits per heavy atom. The van der Waals surface area contributed by atoms with Gasteiger partial charge in [-0.05, 0) is 5.56 Å². The number of hydrazone groups is 1. The van der Waals surface area contributed by atoms with Crippen LogP contribution in [-0.4, -0.2) is 17.1 Å². The number of aliphatic hydroxyl groups excluding tert-OH is 1. The van der Waals surface area contributed by atoms with Crippen molar-refractivity contribution in [1.29, 1.82) is 0 Å². The third kappa shape index (κ3) is 2.93. The van der Waals surface area contributed by atoms with Crippen molar-refractivity contribution in [3.8, 4) is 0 Å². The van der Waals surface area contributed by atoms with E-state index >= 15 is 0 Å². The highest BCUT2D eigenvalue weighted by Crippen LogP contribution is 2.18. The molecule has 0 heterocycles. The van der Waals surface area contributed by atoms with Crippen LogP contribution in [0.3, 0.4) is 0 Å². The molecule has 1 aromatic carbocycles. The monoisotopic (exact) mass is 230 g/mol. The van der Waals surface area contributed by atoms with Gasteiger partial charge in [0.25, 0.3) is 0 Å². The first-order chi connectivity index (χ1) is 8.27. The van der Waals surface area contributed by atoms with E-state index in [-0.39, 0.29) is 11.5 Å². The fourth-order valence-electron chi connectivity index (χ4n) is 1.65. The van der Waals surface area contributed by atoms with Crippen LogP contribution in [0.5, 0.6) is 0 Å². The Bertz CT molecular complexity index is 464. The molecule has 4 nitrogen and oxygen atoms in total. The number of allylic oxidation sites excluding steroid dienone is 2. The van der Waals surface area contributed by atoms with Crippen LogP contribution in [0.2, 0.25) is 0 Å². The molecule has 0 saturated carbocycles. The Morgan fingerprint density at radius 2 is 2.06 bits per heavy atom. The van der Waals surface area contributed by atoms with Crippen LogP contribution in [0.1, 0.15) is 18.4 Å². The van der Waals surface area contributed by atoms with Crippen LogP contribution in [0.25, 0.3) is 0 Å². The average Bonchev–Trinajstić information content (AvgIpc) is 2.67. The molecule has 2 rings (SSSR count). The number of carbonyl (C=O) groups excluding carboxylic acids is 1. The molecular weight excluding hydrogens is 216 g/mol. The molecule has 88 valence electrons. The quantitative estimate of drug-likeness (QED) is 0.613. The third-order valence-electron chi connectivity index (χ3n) is 2.61. The summed E-state index contributed by atoms with van der Waals surface area (Å²) in [6, 6.07) is 9.83. The minimum atomic E-state index is -0.0484. The van der Waals surface area contributed by atoms with Crippen molar-refractivity contribution in [3.63, 3.8) is 0 Å². The molecule has 1 aliphatic carbocycles. The lowest BCUT2D eigenvalue weighted by molar-refractivity contribution is -0.114. The van der Waals surface area contributed by atoms with Crippen LogP contribution in [0, 0.1) is 0 Å². The number of carbonyl (C=O) groups is 1. The predicted molar refractivity (Wildman–Crippen MR) is 65.7 cm³/mol. The largest absolute Gasteiger partial charge is 0.511 e. The molecule has 0 spiro atoms. The summed E-state index contributed by atoms with van der Waals surface area (Å²) < 4.78 is 0. The standard InChI is InChI=1S/C13H14N2O2/c16-12-6-7-13(17)11(12)9-15-14-8-10-4-2-1-3-5-10/h1-5,9,14,16H,6-8H2. The lowest BCUT2D eigenvalue weighted by Crippen LogP contribution is -2.07. The number of aliphatic hydroxyl groups is 1. The van der Waals surface area contributed by atoms with Crippen LogP contribution in [0.4, 0.5) is 0 Å². The summed E-state index contributed by atoms with van der Waals surface area (Å²) in [7, 11) is 0. The molecule has 0 fully saturated rings.